The van der Waals surface area contributed by atoms with Gasteiger partial charge in [-0.1, -0.05) is 28.9 Å². The molecule has 0 amide bonds. The molecule has 0 radical (unpaired) electrons. The Balaban J connectivity index is 2.32. The van der Waals surface area contributed by atoms with Crippen molar-refractivity contribution in [1.29, 1.82) is 0 Å². The molecule has 106 valence electrons. The van der Waals surface area contributed by atoms with E-state index in [-0.39, 0.29) is 6.04 Å². The number of nitrogens with zero attached hydrogens (tertiary/aromatic N) is 1. The van der Waals surface area contributed by atoms with E-state index in [1.807, 2.05) is 0 Å². The molecule has 3 heteroatoms. The SMILES string of the molecule is CCC1CCCCN1c1cc(Br)ccc1CC(C)N. The first-order valence-electron chi connectivity index (χ1n) is 7.42. The second kappa shape index (κ2) is 6.76. The van der Waals surface area contributed by atoms with Gasteiger partial charge in [0.15, 0.2) is 0 Å². The van der Waals surface area contributed by atoms with Crippen LogP contribution < -0.4 is 10.6 Å². The third-order valence-corrected chi connectivity index (χ3v) is 4.49. The highest BCUT2D eigenvalue weighted by atomic mass is 79.9. The van der Waals surface area contributed by atoms with Crippen LogP contribution in [0, 0.1) is 0 Å². The first-order valence-corrected chi connectivity index (χ1v) is 8.21. The van der Waals surface area contributed by atoms with E-state index in [0.29, 0.717) is 6.04 Å². The number of rotatable bonds is 4. The summed E-state index contributed by atoms with van der Waals surface area (Å²) in [4.78, 5) is 2.60. The van der Waals surface area contributed by atoms with E-state index < -0.39 is 0 Å². The maximum atomic E-state index is 6.00. The van der Waals surface area contributed by atoms with E-state index >= 15 is 0 Å². The van der Waals surface area contributed by atoms with E-state index in [0.717, 1.165) is 10.9 Å². The quantitative estimate of drug-likeness (QED) is 0.903. The molecule has 1 aromatic rings. The lowest BCUT2D eigenvalue weighted by atomic mass is 9.96. The molecule has 2 unspecified atom stereocenters. The average molecular weight is 325 g/mol. The van der Waals surface area contributed by atoms with Crippen molar-refractivity contribution in [3.63, 3.8) is 0 Å². The van der Waals surface area contributed by atoms with E-state index in [9.17, 15) is 0 Å². The van der Waals surface area contributed by atoms with Crippen LogP contribution in [-0.2, 0) is 6.42 Å². The summed E-state index contributed by atoms with van der Waals surface area (Å²) >= 11 is 3.61. The van der Waals surface area contributed by atoms with Gasteiger partial charge in [-0.3, -0.25) is 0 Å². The van der Waals surface area contributed by atoms with Crippen molar-refractivity contribution >= 4 is 21.6 Å². The van der Waals surface area contributed by atoms with Gasteiger partial charge in [-0.25, -0.2) is 0 Å². The summed E-state index contributed by atoms with van der Waals surface area (Å²) in [6, 6.07) is 7.53. The summed E-state index contributed by atoms with van der Waals surface area (Å²) in [5, 5.41) is 0. The van der Waals surface area contributed by atoms with Crippen LogP contribution in [0.5, 0.6) is 0 Å². The Morgan fingerprint density at radius 3 is 2.89 bits per heavy atom. The second-order valence-corrected chi connectivity index (χ2v) is 6.62. The zero-order valence-corrected chi connectivity index (χ0v) is 13.6. The number of halogens is 1. The topological polar surface area (TPSA) is 29.3 Å². The van der Waals surface area contributed by atoms with Gasteiger partial charge in [0.2, 0.25) is 0 Å². The molecule has 1 aliphatic heterocycles. The van der Waals surface area contributed by atoms with Gasteiger partial charge in [-0.05, 0) is 56.7 Å². The van der Waals surface area contributed by atoms with Crippen molar-refractivity contribution in [2.75, 3.05) is 11.4 Å². The summed E-state index contributed by atoms with van der Waals surface area (Å²) < 4.78 is 1.16. The molecule has 2 rings (SSSR count). The van der Waals surface area contributed by atoms with Gasteiger partial charge < -0.3 is 10.6 Å². The van der Waals surface area contributed by atoms with Crippen LogP contribution in [0.15, 0.2) is 22.7 Å². The molecule has 1 fully saturated rings. The summed E-state index contributed by atoms with van der Waals surface area (Å²) in [6.07, 6.45) is 6.17. The van der Waals surface area contributed by atoms with Gasteiger partial charge in [0, 0.05) is 28.8 Å². The highest BCUT2D eigenvalue weighted by Crippen LogP contribution is 2.32. The van der Waals surface area contributed by atoms with Crippen LogP contribution in [0.25, 0.3) is 0 Å². The minimum Gasteiger partial charge on any atom is -0.368 e. The van der Waals surface area contributed by atoms with E-state index in [1.54, 1.807) is 0 Å². The fourth-order valence-electron chi connectivity index (χ4n) is 3.07. The smallest absolute Gasteiger partial charge is 0.0413 e. The summed E-state index contributed by atoms with van der Waals surface area (Å²) in [7, 11) is 0. The Bertz CT molecular complexity index is 417. The molecule has 2 N–H and O–H groups in total. The first-order chi connectivity index (χ1) is 9.11. The predicted octanol–water partition coefficient (Wildman–Crippen LogP) is 4.11. The molecule has 1 heterocycles. The van der Waals surface area contributed by atoms with E-state index in [4.69, 9.17) is 5.73 Å². The molecule has 1 aliphatic rings. The van der Waals surface area contributed by atoms with Gasteiger partial charge in [0.05, 0.1) is 0 Å². The first kappa shape index (κ1) is 14.9. The highest BCUT2D eigenvalue weighted by molar-refractivity contribution is 9.10. The van der Waals surface area contributed by atoms with Crippen molar-refractivity contribution < 1.29 is 0 Å². The third-order valence-electron chi connectivity index (χ3n) is 4.00. The highest BCUT2D eigenvalue weighted by Gasteiger charge is 2.23. The number of benzene rings is 1. The Kier molecular flexibility index (Phi) is 5.28. The summed E-state index contributed by atoms with van der Waals surface area (Å²) in [6.45, 7) is 5.56. The molecule has 0 bridgehead atoms. The molecule has 0 aliphatic carbocycles. The van der Waals surface area contributed by atoms with Crippen LogP contribution >= 0.6 is 15.9 Å². The zero-order chi connectivity index (χ0) is 13.8. The van der Waals surface area contributed by atoms with Crippen LogP contribution in [-0.4, -0.2) is 18.6 Å². The maximum Gasteiger partial charge on any atom is 0.0413 e. The second-order valence-electron chi connectivity index (χ2n) is 5.71. The fourth-order valence-corrected chi connectivity index (χ4v) is 3.42. The number of piperidine rings is 1. The Morgan fingerprint density at radius 1 is 1.42 bits per heavy atom. The largest absolute Gasteiger partial charge is 0.368 e. The van der Waals surface area contributed by atoms with Gasteiger partial charge in [0.1, 0.15) is 0 Å². The molecule has 0 saturated carbocycles. The Morgan fingerprint density at radius 2 is 2.21 bits per heavy atom. The molecule has 0 spiro atoms. The van der Waals surface area contributed by atoms with Crippen molar-refractivity contribution in [3.8, 4) is 0 Å². The van der Waals surface area contributed by atoms with Crippen LogP contribution in [0.2, 0.25) is 0 Å². The Labute approximate surface area is 125 Å². The van der Waals surface area contributed by atoms with Gasteiger partial charge in [-0.2, -0.15) is 0 Å². The predicted molar refractivity (Wildman–Crippen MR) is 86.8 cm³/mol. The van der Waals surface area contributed by atoms with E-state index in [2.05, 4.69) is 52.9 Å². The number of nitrogens with two attached hydrogens (primary N) is 1. The van der Waals surface area contributed by atoms with Crippen molar-refractivity contribution in [3.05, 3.63) is 28.2 Å². The van der Waals surface area contributed by atoms with Crippen molar-refractivity contribution in [2.45, 2.75) is 58.0 Å². The molecule has 1 aromatic carbocycles. The molecular weight excluding hydrogens is 300 g/mol. The van der Waals surface area contributed by atoms with Crippen molar-refractivity contribution in [1.82, 2.24) is 0 Å². The molecule has 2 nitrogen and oxygen atoms in total. The normalized spacial score (nSPS) is 21.5. The monoisotopic (exact) mass is 324 g/mol. The van der Waals surface area contributed by atoms with Gasteiger partial charge in [-0.15, -0.1) is 0 Å². The Hall–Kier alpha value is -0.540. The summed E-state index contributed by atoms with van der Waals surface area (Å²) in [5.74, 6) is 0. The lowest BCUT2D eigenvalue weighted by molar-refractivity contribution is 0.448. The summed E-state index contributed by atoms with van der Waals surface area (Å²) in [5.41, 5.74) is 8.77. The van der Waals surface area contributed by atoms with Crippen LogP contribution in [0.1, 0.15) is 45.1 Å². The van der Waals surface area contributed by atoms with E-state index in [1.165, 1.54) is 43.5 Å². The lowest BCUT2D eigenvalue weighted by Crippen LogP contribution is -2.40. The molecule has 2 atom stereocenters. The molecule has 0 aromatic heterocycles. The minimum absolute atomic E-state index is 0.213. The zero-order valence-electron chi connectivity index (χ0n) is 12.0. The van der Waals surface area contributed by atoms with Crippen LogP contribution in [0.4, 0.5) is 5.69 Å². The third kappa shape index (κ3) is 3.73. The van der Waals surface area contributed by atoms with Crippen molar-refractivity contribution in [2.24, 2.45) is 5.73 Å². The fraction of sp³-hybridized carbons (Fsp3) is 0.625. The molecule has 19 heavy (non-hydrogen) atoms. The standard InChI is InChI=1S/C16H25BrN2/c1-3-15-6-4-5-9-19(15)16-11-14(17)8-7-13(16)10-12(2)18/h7-8,11-12,15H,3-6,9-10,18H2,1-2H3. The maximum absolute atomic E-state index is 6.00. The lowest BCUT2D eigenvalue weighted by Gasteiger charge is -2.38. The van der Waals surface area contributed by atoms with Gasteiger partial charge >= 0.3 is 0 Å². The van der Waals surface area contributed by atoms with Crippen LogP contribution in [0.3, 0.4) is 0 Å². The number of anilines is 1. The average Bonchev–Trinajstić information content (AvgIpc) is 2.40. The minimum atomic E-state index is 0.213. The molecule has 1 saturated heterocycles. The number of hydrogen-bond donors (Lipinski definition) is 1. The van der Waals surface area contributed by atoms with Gasteiger partial charge in [0.25, 0.3) is 0 Å². The number of hydrogen-bond acceptors (Lipinski definition) is 2. The molecular formula is C16H25BrN2.